The Morgan fingerprint density at radius 2 is 1.66 bits per heavy atom. The number of nitrogens with zero attached hydrogens (tertiary/aromatic N) is 2. The van der Waals surface area contributed by atoms with Gasteiger partial charge in [0.15, 0.2) is 0 Å². The van der Waals surface area contributed by atoms with Gasteiger partial charge in [0.25, 0.3) is 5.91 Å². The number of benzene rings is 3. The van der Waals surface area contributed by atoms with Crippen LogP contribution in [0.3, 0.4) is 0 Å². The summed E-state index contributed by atoms with van der Waals surface area (Å²) in [5.74, 6) is 0.126. The van der Waals surface area contributed by atoms with Gasteiger partial charge in [-0.3, -0.25) is 4.79 Å². The molecule has 3 aromatic rings. The second kappa shape index (κ2) is 9.90. The topological polar surface area (TPSA) is 35.6 Å². The van der Waals surface area contributed by atoms with E-state index >= 15 is 0 Å². The fraction of sp³-hybridized carbons (Fsp3) is 0.321. The van der Waals surface area contributed by atoms with Crippen molar-refractivity contribution in [2.24, 2.45) is 0 Å². The van der Waals surface area contributed by atoms with Crippen molar-refractivity contribution < 1.29 is 4.79 Å². The molecule has 1 aliphatic heterocycles. The molecule has 0 bridgehead atoms. The minimum Gasteiger partial charge on any atom is -0.381 e. The van der Waals surface area contributed by atoms with Crippen LogP contribution in [0.5, 0.6) is 0 Å². The molecule has 1 heterocycles. The molecular weight excluding hydrogens is 394 g/mol. The van der Waals surface area contributed by atoms with Gasteiger partial charge in [-0.05, 0) is 66.8 Å². The van der Waals surface area contributed by atoms with Gasteiger partial charge in [-0.25, -0.2) is 0 Å². The minimum absolute atomic E-state index is 0.126. The summed E-state index contributed by atoms with van der Waals surface area (Å²) in [6.45, 7) is 10.4. The lowest BCUT2D eigenvalue weighted by Gasteiger charge is -2.37. The van der Waals surface area contributed by atoms with Gasteiger partial charge in [0, 0.05) is 49.7 Å². The molecule has 0 aliphatic carbocycles. The summed E-state index contributed by atoms with van der Waals surface area (Å²) in [5.41, 5.74) is 8.29. The molecule has 0 atom stereocenters. The van der Waals surface area contributed by atoms with Crippen LogP contribution in [0.1, 0.15) is 39.5 Å². The number of hydrogen-bond acceptors (Lipinski definition) is 3. The molecule has 1 fully saturated rings. The summed E-state index contributed by atoms with van der Waals surface area (Å²) in [5, 5.41) is 3.53. The second-order valence-corrected chi connectivity index (χ2v) is 8.56. The highest BCUT2D eigenvalue weighted by Gasteiger charge is 2.23. The molecule has 4 rings (SSSR count). The van der Waals surface area contributed by atoms with Crippen LogP contribution in [0.25, 0.3) is 0 Å². The zero-order chi connectivity index (χ0) is 22.5. The Labute approximate surface area is 191 Å². The lowest BCUT2D eigenvalue weighted by Crippen LogP contribution is -2.49. The highest BCUT2D eigenvalue weighted by Crippen LogP contribution is 2.24. The molecule has 1 aliphatic rings. The highest BCUT2D eigenvalue weighted by atomic mass is 16.2. The lowest BCUT2D eigenvalue weighted by atomic mass is 10.1. The molecule has 32 heavy (non-hydrogen) atoms. The first-order valence-electron chi connectivity index (χ1n) is 11.6. The summed E-state index contributed by atoms with van der Waals surface area (Å²) in [4.78, 5) is 17.6. The van der Waals surface area contributed by atoms with E-state index in [0.717, 1.165) is 49.4 Å². The second-order valence-electron chi connectivity index (χ2n) is 8.56. The predicted octanol–water partition coefficient (Wildman–Crippen LogP) is 5.44. The molecule has 0 radical (unpaired) electrons. The smallest absolute Gasteiger partial charge is 0.253 e. The number of nitrogens with one attached hydrogen (secondary N) is 1. The van der Waals surface area contributed by atoms with Crippen LogP contribution < -0.4 is 10.2 Å². The number of carbonyl (C=O) groups excluding carboxylic acids is 1. The number of aryl methyl sites for hydroxylation is 2. The highest BCUT2D eigenvalue weighted by molar-refractivity contribution is 5.94. The normalized spacial score (nSPS) is 13.8. The van der Waals surface area contributed by atoms with Gasteiger partial charge in [-0.2, -0.15) is 0 Å². The van der Waals surface area contributed by atoms with Gasteiger partial charge in [-0.15, -0.1) is 0 Å². The molecule has 166 valence electrons. The summed E-state index contributed by atoms with van der Waals surface area (Å²) in [6.07, 6.45) is 0.996. The number of piperazine rings is 1. The maximum absolute atomic E-state index is 13.2. The van der Waals surface area contributed by atoms with E-state index in [9.17, 15) is 4.79 Å². The molecule has 3 aromatic carbocycles. The Morgan fingerprint density at radius 1 is 0.906 bits per heavy atom. The third-order valence-corrected chi connectivity index (χ3v) is 6.54. The molecule has 1 saturated heterocycles. The molecule has 1 N–H and O–H groups in total. The number of hydrogen-bond donors (Lipinski definition) is 1. The van der Waals surface area contributed by atoms with Crippen molar-refractivity contribution in [1.29, 1.82) is 0 Å². The Kier molecular flexibility index (Phi) is 6.79. The van der Waals surface area contributed by atoms with Crippen molar-refractivity contribution >= 4 is 17.3 Å². The average molecular weight is 428 g/mol. The number of anilines is 2. The summed E-state index contributed by atoms with van der Waals surface area (Å²) in [7, 11) is 0. The minimum atomic E-state index is 0.126. The van der Waals surface area contributed by atoms with Gasteiger partial charge in [0.05, 0.1) is 0 Å². The summed E-state index contributed by atoms with van der Waals surface area (Å²) < 4.78 is 0. The summed E-state index contributed by atoms with van der Waals surface area (Å²) >= 11 is 0. The van der Waals surface area contributed by atoms with Crippen LogP contribution in [-0.2, 0) is 13.0 Å². The Balaban J connectivity index is 1.38. The van der Waals surface area contributed by atoms with Crippen LogP contribution in [0.4, 0.5) is 11.4 Å². The van der Waals surface area contributed by atoms with Crippen molar-refractivity contribution in [1.82, 2.24) is 4.90 Å². The van der Waals surface area contributed by atoms with Gasteiger partial charge in [0.2, 0.25) is 0 Å². The number of para-hydroxylation sites is 1. The Hall–Kier alpha value is -3.27. The molecule has 4 heteroatoms. The lowest BCUT2D eigenvalue weighted by molar-refractivity contribution is 0.0746. The van der Waals surface area contributed by atoms with Crippen molar-refractivity contribution in [3.8, 4) is 0 Å². The summed E-state index contributed by atoms with van der Waals surface area (Å²) in [6, 6.07) is 22.9. The van der Waals surface area contributed by atoms with E-state index in [1.807, 2.05) is 23.1 Å². The van der Waals surface area contributed by atoms with Crippen LogP contribution in [0.15, 0.2) is 66.7 Å². The van der Waals surface area contributed by atoms with E-state index in [2.05, 4.69) is 79.5 Å². The van der Waals surface area contributed by atoms with E-state index in [1.54, 1.807) is 0 Å². The number of carbonyl (C=O) groups is 1. The van der Waals surface area contributed by atoms with Crippen molar-refractivity contribution in [2.75, 3.05) is 36.4 Å². The predicted molar refractivity (Wildman–Crippen MR) is 134 cm³/mol. The maximum Gasteiger partial charge on any atom is 0.253 e. The first-order chi connectivity index (χ1) is 15.6. The fourth-order valence-corrected chi connectivity index (χ4v) is 4.42. The molecule has 0 aromatic heterocycles. The third kappa shape index (κ3) is 4.80. The quantitative estimate of drug-likeness (QED) is 0.569. The van der Waals surface area contributed by atoms with Gasteiger partial charge < -0.3 is 15.1 Å². The molecule has 0 spiro atoms. The zero-order valence-electron chi connectivity index (χ0n) is 19.4. The Morgan fingerprint density at radius 3 is 2.44 bits per heavy atom. The average Bonchev–Trinajstić information content (AvgIpc) is 2.84. The van der Waals surface area contributed by atoms with Crippen LogP contribution in [-0.4, -0.2) is 37.0 Å². The van der Waals surface area contributed by atoms with E-state index in [0.29, 0.717) is 6.54 Å². The van der Waals surface area contributed by atoms with E-state index in [4.69, 9.17) is 0 Å². The number of amides is 1. The molecule has 0 unspecified atom stereocenters. The fourth-order valence-electron chi connectivity index (χ4n) is 4.42. The van der Waals surface area contributed by atoms with Crippen molar-refractivity contribution in [2.45, 2.75) is 33.7 Å². The van der Waals surface area contributed by atoms with Gasteiger partial charge >= 0.3 is 0 Å². The Bertz CT molecular complexity index is 1080. The monoisotopic (exact) mass is 427 g/mol. The van der Waals surface area contributed by atoms with Crippen molar-refractivity contribution in [3.63, 3.8) is 0 Å². The van der Waals surface area contributed by atoms with Crippen LogP contribution in [0, 0.1) is 13.8 Å². The number of rotatable bonds is 6. The maximum atomic E-state index is 13.2. The standard InChI is InChI=1S/C28H33N3O/c1-4-24-11-5-6-13-26(24)29-20-23-10-8-12-25(19-23)28(32)31-17-15-30(16-18-31)27-14-7-9-21(2)22(27)3/h5-14,19,29H,4,15-18,20H2,1-3H3. The largest absolute Gasteiger partial charge is 0.381 e. The van der Waals surface area contributed by atoms with Crippen molar-refractivity contribution in [3.05, 3.63) is 94.5 Å². The SMILES string of the molecule is CCc1ccccc1NCc1cccc(C(=O)N2CCN(c3cccc(C)c3C)CC2)c1. The molecule has 0 saturated carbocycles. The molecular formula is C28H33N3O. The third-order valence-electron chi connectivity index (χ3n) is 6.54. The first kappa shape index (κ1) is 21.9. The molecule has 1 amide bonds. The zero-order valence-corrected chi connectivity index (χ0v) is 19.4. The first-order valence-corrected chi connectivity index (χ1v) is 11.6. The van der Waals surface area contributed by atoms with Gasteiger partial charge in [-0.1, -0.05) is 49.4 Å². The van der Waals surface area contributed by atoms with Gasteiger partial charge in [0.1, 0.15) is 0 Å². The van der Waals surface area contributed by atoms with E-state index < -0.39 is 0 Å². The van der Waals surface area contributed by atoms with Crippen LogP contribution >= 0.6 is 0 Å². The molecule has 4 nitrogen and oxygen atoms in total. The van der Waals surface area contributed by atoms with E-state index in [1.165, 1.54) is 22.4 Å². The van der Waals surface area contributed by atoms with E-state index in [-0.39, 0.29) is 5.91 Å². The van der Waals surface area contributed by atoms with Crippen LogP contribution in [0.2, 0.25) is 0 Å².